The van der Waals surface area contributed by atoms with Crippen molar-refractivity contribution < 1.29 is 24.2 Å². The first-order chi connectivity index (χ1) is 9.13. The summed E-state index contributed by atoms with van der Waals surface area (Å²) in [6, 6.07) is 10.3. The number of methoxy groups -OCH3 is 1. The third-order valence-electron chi connectivity index (χ3n) is 2.67. The van der Waals surface area contributed by atoms with Crippen LogP contribution in [-0.4, -0.2) is 30.8 Å². The molecule has 5 heteroatoms. The number of carbonyl (C=O) groups is 2. The van der Waals surface area contributed by atoms with E-state index < -0.39 is 18.5 Å². The number of phenols is 1. The highest BCUT2D eigenvalue weighted by Crippen LogP contribution is 2.28. The van der Waals surface area contributed by atoms with E-state index in [9.17, 15) is 14.7 Å². The van der Waals surface area contributed by atoms with Crippen molar-refractivity contribution in [1.82, 2.24) is 0 Å². The van der Waals surface area contributed by atoms with Crippen LogP contribution >= 0.6 is 0 Å². The molecular weight excluding hydrogens is 248 g/mol. The van der Waals surface area contributed by atoms with Gasteiger partial charge in [-0.3, -0.25) is 0 Å². The van der Waals surface area contributed by atoms with E-state index in [1.165, 1.54) is 13.2 Å². The smallest absolute Gasteiger partial charge is 0.344 e. The number of carbonyl (C=O) groups excluding carboxylic acids is 2. The van der Waals surface area contributed by atoms with Crippen LogP contribution in [0.4, 0.5) is 0 Å². The summed E-state index contributed by atoms with van der Waals surface area (Å²) < 4.78 is 9.10. The van der Waals surface area contributed by atoms with Crippen LogP contribution in [0.25, 0.3) is 10.8 Å². The number of hydrogen-bond donors (Lipinski definition) is 1. The topological polar surface area (TPSA) is 72.8 Å². The van der Waals surface area contributed by atoms with Gasteiger partial charge >= 0.3 is 11.9 Å². The second-order valence-corrected chi connectivity index (χ2v) is 3.84. The molecule has 0 aromatic heterocycles. The van der Waals surface area contributed by atoms with Crippen LogP contribution in [0.5, 0.6) is 5.75 Å². The van der Waals surface area contributed by atoms with Gasteiger partial charge in [-0.25, -0.2) is 9.59 Å². The number of esters is 2. The fourth-order valence-corrected chi connectivity index (χ4v) is 1.68. The lowest BCUT2D eigenvalue weighted by Gasteiger charge is -2.07. The Morgan fingerprint density at radius 3 is 2.63 bits per heavy atom. The molecule has 0 aliphatic rings. The average Bonchev–Trinajstić information content (AvgIpc) is 2.45. The summed E-state index contributed by atoms with van der Waals surface area (Å²) in [5.41, 5.74) is 0.0163. The molecule has 0 fully saturated rings. The van der Waals surface area contributed by atoms with E-state index in [0.29, 0.717) is 5.39 Å². The molecule has 0 saturated heterocycles. The van der Waals surface area contributed by atoms with E-state index in [1.54, 1.807) is 18.2 Å². The lowest BCUT2D eigenvalue weighted by atomic mass is 10.1. The summed E-state index contributed by atoms with van der Waals surface area (Å²) in [6.07, 6.45) is 0. The van der Waals surface area contributed by atoms with E-state index in [2.05, 4.69) is 4.74 Å². The van der Waals surface area contributed by atoms with Gasteiger partial charge in [0.25, 0.3) is 0 Å². The van der Waals surface area contributed by atoms with Crippen molar-refractivity contribution in [2.75, 3.05) is 13.7 Å². The molecule has 0 heterocycles. The highest BCUT2D eigenvalue weighted by Gasteiger charge is 2.16. The van der Waals surface area contributed by atoms with Gasteiger partial charge in [0.1, 0.15) is 11.3 Å². The van der Waals surface area contributed by atoms with Crippen molar-refractivity contribution in [3.05, 3.63) is 42.0 Å². The minimum atomic E-state index is -0.770. The molecule has 2 aromatic carbocycles. The van der Waals surface area contributed by atoms with Crippen molar-refractivity contribution >= 4 is 22.7 Å². The average molecular weight is 260 g/mol. The van der Waals surface area contributed by atoms with Crippen LogP contribution in [0.2, 0.25) is 0 Å². The third kappa shape index (κ3) is 2.65. The number of hydrogen-bond acceptors (Lipinski definition) is 5. The molecule has 0 unspecified atom stereocenters. The standard InChI is InChI=1S/C14H12O5/c1-18-12(15)8-19-14(17)11-7-6-9-4-2-3-5-10(9)13(11)16/h2-7,16H,8H2,1H3. The van der Waals surface area contributed by atoms with Crippen molar-refractivity contribution in [2.45, 2.75) is 0 Å². The fraction of sp³-hybridized carbons (Fsp3) is 0.143. The summed E-state index contributed by atoms with van der Waals surface area (Å²) in [4.78, 5) is 22.6. The van der Waals surface area contributed by atoms with Gasteiger partial charge in [0.2, 0.25) is 0 Å². The van der Waals surface area contributed by atoms with Crippen molar-refractivity contribution in [2.24, 2.45) is 0 Å². The molecule has 0 radical (unpaired) electrons. The van der Waals surface area contributed by atoms with Gasteiger partial charge in [0, 0.05) is 5.39 Å². The highest BCUT2D eigenvalue weighted by atomic mass is 16.6. The maximum absolute atomic E-state index is 11.7. The molecule has 2 rings (SSSR count). The van der Waals surface area contributed by atoms with E-state index in [0.717, 1.165) is 5.39 Å². The van der Waals surface area contributed by atoms with E-state index in [-0.39, 0.29) is 11.3 Å². The van der Waals surface area contributed by atoms with Gasteiger partial charge in [-0.2, -0.15) is 0 Å². The Morgan fingerprint density at radius 1 is 1.16 bits per heavy atom. The van der Waals surface area contributed by atoms with Crippen LogP contribution in [0.3, 0.4) is 0 Å². The van der Waals surface area contributed by atoms with Gasteiger partial charge in [-0.15, -0.1) is 0 Å². The SMILES string of the molecule is COC(=O)COC(=O)c1ccc2ccccc2c1O. The minimum Gasteiger partial charge on any atom is -0.506 e. The van der Waals surface area contributed by atoms with Crippen molar-refractivity contribution in [3.63, 3.8) is 0 Å². The molecule has 19 heavy (non-hydrogen) atoms. The van der Waals surface area contributed by atoms with Crippen molar-refractivity contribution in [1.29, 1.82) is 0 Å². The van der Waals surface area contributed by atoms with Gasteiger partial charge in [0.15, 0.2) is 6.61 Å². The predicted molar refractivity (Wildman–Crippen MR) is 67.9 cm³/mol. The number of ether oxygens (including phenoxy) is 2. The summed E-state index contributed by atoms with van der Waals surface area (Å²) in [5.74, 6) is -1.59. The maximum atomic E-state index is 11.7. The molecule has 98 valence electrons. The molecule has 0 amide bonds. The first-order valence-electron chi connectivity index (χ1n) is 5.58. The van der Waals surface area contributed by atoms with Gasteiger partial charge < -0.3 is 14.6 Å². The minimum absolute atomic E-state index is 0.0163. The Labute approximate surface area is 109 Å². The highest BCUT2D eigenvalue weighted by molar-refractivity contribution is 6.01. The summed E-state index contributed by atoms with van der Waals surface area (Å²) in [7, 11) is 1.20. The summed E-state index contributed by atoms with van der Waals surface area (Å²) in [5, 5.41) is 11.4. The van der Waals surface area contributed by atoms with Gasteiger partial charge in [0.05, 0.1) is 7.11 Å². The normalized spacial score (nSPS) is 10.2. The first kappa shape index (κ1) is 12.9. The third-order valence-corrected chi connectivity index (χ3v) is 2.67. The molecule has 0 aliphatic heterocycles. The molecule has 0 saturated carbocycles. The zero-order chi connectivity index (χ0) is 13.8. The lowest BCUT2D eigenvalue weighted by Crippen LogP contribution is -2.15. The summed E-state index contributed by atoms with van der Waals surface area (Å²) >= 11 is 0. The van der Waals surface area contributed by atoms with Gasteiger partial charge in [-0.1, -0.05) is 30.3 Å². The van der Waals surface area contributed by atoms with Crippen LogP contribution in [0.1, 0.15) is 10.4 Å². The number of fused-ring (bicyclic) bond motifs is 1. The van der Waals surface area contributed by atoms with E-state index >= 15 is 0 Å². The van der Waals surface area contributed by atoms with Crippen LogP contribution in [-0.2, 0) is 14.3 Å². The Morgan fingerprint density at radius 2 is 1.89 bits per heavy atom. The monoisotopic (exact) mass is 260 g/mol. The van der Waals surface area contributed by atoms with Crippen molar-refractivity contribution in [3.8, 4) is 5.75 Å². The molecule has 2 aromatic rings. The lowest BCUT2D eigenvalue weighted by molar-refractivity contribution is -0.144. The molecule has 5 nitrogen and oxygen atoms in total. The zero-order valence-electron chi connectivity index (χ0n) is 10.3. The molecule has 0 spiro atoms. The Balaban J connectivity index is 2.27. The van der Waals surface area contributed by atoms with Crippen LogP contribution < -0.4 is 0 Å². The largest absolute Gasteiger partial charge is 0.506 e. The number of aromatic hydroxyl groups is 1. The van der Waals surface area contributed by atoms with E-state index in [4.69, 9.17) is 4.74 Å². The van der Waals surface area contributed by atoms with Crippen LogP contribution in [0, 0.1) is 0 Å². The molecule has 0 atom stereocenters. The second kappa shape index (κ2) is 5.39. The molecule has 0 bridgehead atoms. The Bertz CT molecular complexity index is 633. The quantitative estimate of drug-likeness (QED) is 0.853. The molecular formula is C14H12O5. The Hall–Kier alpha value is -2.56. The predicted octanol–water partition coefficient (Wildman–Crippen LogP) is 1.88. The first-order valence-corrected chi connectivity index (χ1v) is 5.58. The zero-order valence-corrected chi connectivity index (χ0v) is 10.3. The number of rotatable bonds is 3. The summed E-state index contributed by atoms with van der Waals surface area (Å²) in [6.45, 7) is -0.485. The molecule has 0 aliphatic carbocycles. The number of benzene rings is 2. The van der Waals surface area contributed by atoms with Gasteiger partial charge in [-0.05, 0) is 11.5 Å². The molecule has 1 N–H and O–H groups in total. The second-order valence-electron chi connectivity index (χ2n) is 3.84. The van der Waals surface area contributed by atoms with Crippen LogP contribution in [0.15, 0.2) is 36.4 Å². The maximum Gasteiger partial charge on any atom is 0.344 e. The number of phenolic OH excluding ortho intramolecular Hbond substituents is 1. The Kier molecular flexibility index (Phi) is 3.66. The fourth-order valence-electron chi connectivity index (χ4n) is 1.68. The van der Waals surface area contributed by atoms with E-state index in [1.807, 2.05) is 12.1 Å².